The fourth-order valence-corrected chi connectivity index (χ4v) is 18.3. The van der Waals surface area contributed by atoms with Crippen molar-refractivity contribution in [3.05, 3.63) is 35.9 Å². The number of aliphatic hydroxyl groups is 9. The van der Waals surface area contributed by atoms with Gasteiger partial charge in [0.1, 0.15) is 57.6 Å². The van der Waals surface area contributed by atoms with E-state index in [9.17, 15) is 20.1 Å². The van der Waals surface area contributed by atoms with Gasteiger partial charge in [0, 0.05) is 47.3 Å². The number of esters is 1. The fourth-order valence-electron chi connectivity index (χ4n) is 10.0. The molecule has 110 heavy (non-hydrogen) atoms. The molecule has 0 bridgehead atoms. The zero-order valence-corrected chi connectivity index (χ0v) is 79.4. The van der Waals surface area contributed by atoms with Crippen molar-refractivity contribution in [3.8, 4) is 0 Å². The summed E-state index contributed by atoms with van der Waals surface area (Å²) in [5.74, 6) is -0.417. The summed E-state index contributed by atoms with van der Waals surface area (Å²) in [6.07, 6.45) is -7.20. The van der Waals surface area contributed by atoms with Crippen LogP contribution in [0.25, 0.3) is 0 Å². The van der Waals surface area contributed by atoms with Crippen LogP contribution in [0.1, 0.15) is 206 Å². The van der Waals surface area contributed by atoms with E-state index < -0.39 is 105 Å². The lowest BCUT2D eigenvalue weighted by Gasteiger charge is -2.38. The Kier molecular flexibility index (Phi) is 47.8. The van der Waals surface area contributed by atoms with Crippen molar-refractivity contribution in [2.45, 2.75) is 388 Å². The normalized spacial score (nSPS) is 29.6. The van der Waals surface area contributed by atoms with Crippen LogP contribution >= 0.6 is 8.30 Å². The van der Waals surface area contributed by atoms with Crippen LogP contribution in [0.3, 0.4) is 0 Å². The monoisotopic (exact) mass is 1700 g/mol. The van der Waals surface area contributed by atoms with Crippen molar-refractivity contribution in [1.82, 2.24) is 4.67 Å². The van der Waals surface area contributed by atoms with E-state index in [0.29, 0.717) is 57.3 Å². The summed E-state index contributed by atoms with van der Waals surface area (Å²) in [5.41, 5.74) is 0.485. The Morgan fingerprint density at radius 3 is 1.15 bits per heavy atom. The molecule has 0 radical (unpaired) electrons. The molecule has 662 valence electrons. The van der Waals surface area contributed by atoms with E-state index in [2.05, 4.69) is 219 Å². The van der Waals surface area contributed by atoms with Gasteiger partial charge in [0.2, 0.25) is 2.86 Å². The Bertz CT molecular complexity index is 2640. The molecule has 19 atom stereocenters. The van der Waals surface area contributed by atoms with Gasteiger partial charge in [-0.15, -0.1) is 0 Å². The van der Waals surface area contributed by atoms with Gasteiger partial charge in [-0.25, -0.2) is 4.79 Å². The summed E-state index contributed by atoms with van der Waals surface area (Å²) < 4.78 is 128. The molecular weight excluding hydrogens is 1510 g/mol. The van der Waals surface area contributed by atoms with Crippen molar-refractivity contribution in [3.63, 3.8) is 0 Å². The van der Waals surface area contributed by atoms with Crippen LogP contribution < -0.4 is 0 Å². The van der Waals surface area contributed by atoms with Crippen molar-refractivity contribution in [1.29, 1.82) is 2.86 Å². The number of rotatable bonds is 21. The summed E-state index contributed by atoms with van der Waals surface area (Å²) in [4.78, 5) is 12.0. The molecule has 7 unspecified atom stereocenters. The molecule has 9 N–H and O–H groups in total. The van der Waals surface area contributed by atoms with Crippen LogP contribution in [-0.2, 0) is 59.8 Å². The van der Waals surface area contributed by atoms with E-state index >= 15 is 0 Å². The highest BCUT2D eigenvalue weighted by molar-refractivity contribution is 7.49. The maximum absolute atomic E-state index is 12.0. The van der Waals surface area contributed by atoms with Gasteiger partial charge in [-0.2, -0.15) is 0 Å². The number of carbonyl (C=O) groups is 1. The van der Waals surface area contributed by atoms with E-state index in [4.69, 9.17) is 91.3 Å². The average Bonchev–Trinajstić information content (AvgIpc) is 1.56. The van der Waals surface area contributed by atoms with Gasteiger partial charge in [-0.1, -0.05) is 152 Å². The van der Waals surface area contributed by atoms with Gasteiger partial charge < -0.3 is 106 Å². The highest BCUT2D eigenvalue weighted by atomic mass is 31.2. The van der Waals surface area contributed by atoms with Crippen molar-refractivity contribution in [2.75, 3.05) is 87.0 Å². The lowest BCUT2D eigenvalue weighted by molar-refractivity contribution is -0.0195. The topological polar surface area (TPSA) is 322 Å². The van der Waals surface area contributed by atoms with E-state index in [0.717, 1.165) is 0 Å². The minimum Gasteiger partial charge on any atom is -0.459 e. The summed E-state index contributed by atoms with van der Waals surface area (Å²) in [6.45, 7) is 71.8. The third-order valence-corrected chi connectivity index (χ3v) is 46.5. The second-order valence-electron chi connectivity index (χ2n) is 36.2. The second-order valence-corrected chi connectivity index (χ2v) is 61.6. The molecular formula is C80H174NO23PSi5. The number of hydrogen-bond acceptors (Lipinski definition) is 24. The van der Waals surface area contributed by atoms with Gasteiger partial charge in [0.15, 0.2) is 41.6 Å². The Balaban J connectivity index is -0.000000428. The first-order valence-corrected chi connectivity index (χ1v) is 54.1. The Labute approximate surface area is 690 Å². The first-order chi connectivity index (χ1) is 52.8. The number of benzene rings is 1. The molecule has 30 heteroatoms. The molecule has 0 aliphatic carbocycles. The first-order valence-electron chi connectivity index (χ1n) is 42.7. The predicted molar refractivity (Wildman–Crippen MR) is 464 cm³/mol. The quantitative estimate of drug-likeness (QED) is 0.0314. The maximum atomic E-state index is 12.0. The fraction of sp³-hybridized carbons (Fsp3) is 0.912. The number of aliphatic hydroxyl groups excluding tert-OH is 9. The van der Waals surface area contributed by atoms with Crippen LogP contribution in [0.2, 0.25) is 90.7 Å². The molecule has 6 aliphatic rings. The second kappa shape index (κ2) is 51.7. The molecule has 24 nitrogen and oxygen atoms in total. The molecule has 6 saturated heterocycles. The standard InChI is InChI=1S/C18H40NO3PSi.C18H28O5Si.C11H24O4Si.2C11H24O3Si.C5H10O3.2CH4O.4CH4/c1-14(2)19(15(3)4)23(8)21-13-16-11-17(12-20-16)22-24(9,10)18(5,6)7;1-18(2,3)24(4,5)23-15-12-21-14(16(15)19)11-22-17(20)13-9-7-6-8-10-13;1-11(2,3)16(4,5)15-9-7-14-8(6-12)10(9)13;1-11(2,3)15(4,5)14-10-6-9(7-12)13-8-10;1-8-10(12)9(7-13-8)14-15(5,6)11(2,3)4;1-3-5(7)4(6)2-8-3;2*1-2;;;;/h14-17H,11-13H2,1-10H3;6-10,14-16,19H,11-12H2,1-5H3;8-10,12-13H,6-7H2,1-5H3;9-10,12H,6-8H2,1-5H3;8-10,12H,7H2,1-6H3;3-7H,2H2,1H3;2*2H,1H3;4*1H4/t16-,17-,23?;14-,15-,16?;8-,9-,10?;9-,10-;8-,9-,10?;3-,4-,5?;;;;;;/m011011....../s1/i11D;;;6D;;;2*2T;2*1TD;;/t11?,16-,17-,23?;;;6?,9-,10-;;;;;;;;. The van der Waals surface area contributed by atoms with Crippen LogP contribution in [0.15, 0.2) is 30.3 Å². The maximum Gasteiger partial charge on any atom is 0.338 e. The van der Waals surface area contributed by atoms with E-state index in [-0.39, 0.29) is 143 Å². The van der Waals surface area contributed by atoms with E-state index in [1.165, 1.54) is 14.2 Å². The first kappa shape index (κ1) is 102. The van der Waals surface area contributed by atoms with Crippen molar-refractivity contribution < 1.29 is 119 Å². The Hall–Kier alpha value is -0.676. The highest BCUT2D eigenvalue weighted by Crippen LogP contribution is 2.45. The summed E-state index contributed by atoms with van der Waals surface area (Å²) >= 11 is 0. The molecule has 0 amide bonds. The summed E-state index contributed by atoms with van der Waals surface area (Å²) in [5, 5.41) is 73.5. The molecule has 1 aromatic rings. The molecule has 0 aromatic heterocycles. The molecule has 0 spiro atoms. The number of ether oxygens (including phenoxy) is 7. The summed E-state index contributed by atoms with van der Waals surface area (Å²) in [6, 6.07) is 9.67. The Morgan fingerprint density at radius 1 is 0.527 bits per heavy atom. The third-order valence-electron chi connectivity index (χ3n) is 21.9. The predicted octanol–water partition coefficient (Wildman–Crippen LogP) is 14.6. The van der Waals surface area contributed by atoms with Gasteiger partial charge in [0.25, 0.3) is 0 Å². The molecule has 6 fully saturated rings. The highest BCUT2D eigenvalue weighted by Gasteiger charge is 2.49. The Morgan fingerprint density at radius 2 is 0.855 bits per heavy atom. The molecule has 1 aromatic carbocycles. The minimum absolute atomic E-state index is 0. The molecule has 6 heterocycles. The zero-order valence-electron chi connectivity index (χ0n) is 81.5. The van der Waals surface area contributed by atoms with Gasteiger partial charge >= 0.3 is 5.97 Å². The largest absolute Gasteiger partial charge is 0.459 e. The third kappa shape index (κ3) is 38.6. The van der Waals surface area contributed by atoms with Crippen molar-refractivity contribution in [2.24, 2.45) is 0 Å². The van der Waals surface area contributed by atoms with Crippen LogP contribution in [-0.4, -0.2) is 298 Å². The molecule has 0 saturated carbocycles. The smallest absolute Gasteiger partial charge is 0.338 e. The van der Waals surface area contributed by atoms with E-state index in [1.54, 1.807) is 31.2 Å². The molecule has 7 rings (SSSR count). The van der Waals surface area contributed by atoms with Gasteiger partial charge in [0.05, 0.1) is 120 Å². The summed E-state index contributed by atoms with van der Waals surface area (Å²) in [7, 11) is -7.95. The number of nitrogens with zero attached hydrogens (tertiary/aromatic N) is 1. The average molecular weight is 1700 g/mol. The molecule has 6 aliphatic heterocycles. The lowest BCUT2D eigenvalue weighted by atomic mass is 10.1. The van der Waals surface area contributed by atoms with E-state index in [1.807, 2.05) is 13.0 Å². The van der Waals surface area contributed by atoms with Crippen molar-refractivity contribution >= 4 is 55.9 Å². The van der Waals surface area contributed by atoms with Crippen LogP contribution in [0.4, 0.5) is 0 Å². The van der Waals surface area contributed by atoms with Gasteiger partial charge in [-0.05, 0) is 151 Å². The minimum atomic E-state index is -1.99. The van der Waals surface area contributed by atoms with Crippen LogP contribution in [0, 0.1) is 0 Å². The number of hydrogen-bond donors (Lipinski definition) is 9. The SMILES string of the molecule is C.C.CC(C)(C)[Si](C)(C)O[C@@H]1CO[C@H](CO)C1O.CC(C)(C)[Si](C)(C)O[C@@H]1CO[C@H](COC(=O)c2ccccc2)C1O.C[C@H]1OC[C@@H](O)C1O.C[C@H]1OC[C@@H](O[Si](C)(C)C(C)(C)C)C1O.[2H]C1[C@@H](CO)OC[C@H]1O[Si](C)(C)C(C)(C)C.[2H]C1[C@@H](COP(C)N(C(C)C)C(C)C)OC[C@H]1O[Si](C)(C)C(C)(C)C.[2H]C[3H].[2H]C[3H].[3H]OC.[3H]OC. The van der Waals surface area contributed by atoms with Gasteiger partial charge in [-0.3, -0.25) is 4.67 Å². The number of carbonyl (C=O) groups excluding carboxylic acids is 1. The van der Waals surface area contributed by atoms with Crippen LogP contribution in [0.5, 0.6) is 0 Å². The lowest BCUT2D eigenvalue weighted by Crippen LogP contribution is -2.47. The zero-order chi connectivity index (χ0) is 91.5.